The van der Waals surface area contributed by atoms with Crippen molar-refractivity contribution in [1.29, 1.82) is 0 Å². The molecule has 0 radical (unpaired) electrons. The first-order chi connectivity index (χ1) is 14.6. The summed E-state index contributed by atoms with van der Waals surface area (Å²) in [5.74, 6) is 10.3. The van der Waals surface area contributed by atoms with E-state index < -0.39 is 9.68 Å². The van der Waals surface area contributed by atoms with Gasteiger partial charge in [-0.1, -0.05) is 49.2 Å². The standard InChI is InChI=1S/C25H29NO2S2/c1-3-19(26-2)11-8-9-16-24(29-17-10-18-30-24)25(27)20-12-4-6-14-22(20)28-23-15-7-5-13-21(23)25/h4-7,12-15,19,26-27H,3,9-10,16-18H2,1-2H3. The number of para-hydroxylation sites is 2. The third kappa shape index (κ3) is 3.76. The lowest BCUT2D eigenvalue weighted by Gasteiger charge is -2.50. The maximum atomic E-state index is 12.6. The molecule has 2 aliphatic heterocycles. The molecule has 2 aromatic rings. The minimum atomic E-state index is -1.14. The number of aliphatic hydroxyl groups is 1. The molecule has 4 rings (SSSR count). The highest BCUT2D eigenvalue weighted by Crippen LogP contribution is 2.62. The van der Waals surface area contributed by atoms with Crippen molar-refractivity contribution in [2.24, 2.45) is 0 Å². The molecule has 1 atom stereocenters. The van der Waals surface area contributed by atoms with Crippen molar-refractivity contribution < 1.29 is 9.84 Å². The van der Waals surface area contributed by atoms with Crippen LogP contribution in [0.1, 0.15) is 43.7 Å². The van der Waals surface area contributed by atoms with Gasteiger partial charge in [0, 0.05) is 17.5 Å². The number of benzene rings is 2. The molecule has 0 aliphatic carbocycles. The topological polar surface area (TPSA) is 41.5 Å². The molecule has 30 heavy (non-hydrogen) atoms. The van der Waals surface area contributed by atoms with Gasteiger partial charge in [-0.15, -0.1) is 29.4 Å². The Morgan fingerprint density at radius 2 is 1.67 bits per heavy atom. The second-order valence-corrected chi connectivity index (χ2v) is 10.7. The summed E-state index contributed by atoms with van der Waals surface area (Å²) in [6.07, 6.45) is 3.72. The van der Waals surface area contributed by atoms with Crippen LogP contribution in [0.25, 0.3) is 0 Å². The molecule has 2 aliphatic rings. The van der Waals surface area contributed by atoms with Gasteiger partial charge in [0.1, 0.15) is 17.1 Å². The van der Waals surface area contributed by atoms with Crippen LogP contribution in [0.4, 0.5) is 0 Å². The molecule has 3 nitrogen and oxygen atoms in total. The van der Waals surface area contributed by atoms with Gasteiger partial charge in [-0.25, -0.2) is 0 Å². The fourth-order valence-electron chi connectivity index (χ4n) is 4.29. The molecular formula is C25H29NO2S2. The molecule has 0 bridgehead atoms. The zero-order chi connectivity index (χ0) is 21.0. The molecular weight excluding hydrogens is 410 g/mol. The number of ether oxygens (including phenoxy) is 1. The largest absolute Gasteiger partial charge is 0.457 e. The highest BCUT2D eigenvalue weighted by Gasteiger charge is 2.57. The van der Waals surface area contributed by atoms with E-state index in [0.29, 0.717) is 0 Å². The number of fused-ring (bicyclic) bond motifs is 2. The summed E-state index contributed by atoms with van der Waals surface area (Å²) in [4.78, 5) is 0. The average Bonchev–Trinajstić information content (AvgIpc) is 2.80. The lowest BCUT2D eigenvalue weighted by Crippen LogP contribution is -2.51. The molecule has 1 saturated heterocycles. The number of hydrogen-bond acceptors (Lipinski definition) is 5. The van der Waals surface area contributed by atoms with Crippen molar-refractivity contribution in [2.75, 3.05) is 18.6 Å². The third-order valence-electron chi connectivity index (χ3n) is 5.90. The summed E-state index contributed by atoms with van der Waals surface area (Å²) in [6, 6.07) is 16.1. The van der Waals surface area contributed by atoms with Gasteiger partial charge in [0.15, 0.2) is 0 Å². The molecule has 1 unspecified atom stereocenters. The maximum Gasteiger partial charge on any atom is 0.145 e. The monoisotopic (exact) mass is 439 g/mol. The van der Waals surface area contributed by atoms with Gasteiger partial charge in [-0.05, 0) is 49.9 Å². The minimum Gasteiger partial charge on any atom is -0.457 e. The van der Waals surface area contributed by atoms with E-state index in [1.807, 2.05) is 79.1 Å². The molecule has 0 saturated carbocycles. The maximum absolute atomic E-state index is 12.6. The Morgan fingerprint density at radius 1 is 1.07 bits per heavy atom. The van der Waals surface area contributed by atoms with E-state index in [1.165, 1.54) is 0 Å². The van der Waals surface area contributed by atoms with E-state index in [-0.39, 0.29) is 6.04 Å². The molecule has 2 heterocycles. The van der Waals surface area contributed by atoms with Crippen LogP contribution in [0.5, 0.6) is 11.5 Å². The number of rotatable bonds is 5. The molecule has 1 fully saturated rings. The Morgan fingerprint density at radius 3 is 2.23 bits per heavy atom. The minimum absolute atomic E-state index is 0.222. The van der Waals surface area contributed by atoms with Gasteiger partial charge < -0.3 is 15.2 Å². The molecule has 2 N–H and O–H groups in total. The molecule has 0 aromatic heterocycles. The first-order valence-corrected chi connectivity index (χ1v) is 12.6. The average molecular weight is 440 g/mol. The van der Waals surface area contributed by atoms with Gasteiger partial charge in [0.25, 0.3) is 0 Å². The van der Waals surface area contributed by atoms with Crippen LogP contribution in [0, 0.1) is 11.8 Å². The van der Waals surface area contributed by atoms with Crippen molar-refractivity contribution in [3.63, 3.8) is 0 Å². The van der Waals surface area contributed by atoms with Crippen molar-refractivity contribution in [3.8, 4) is 23.3 Å². The van der Waals surface area contributed by atoms with E-state index in [4.69, 9.17) is 4.74 Å². The van der Waals surface area contributed by atoms with Crippen molar-refractivity contribution in [3.05, 3.63) is 59.7 Å². The molecule has 0 amide bonds. The Hall–Kier alpha value is -1.58. The lowest BCUT2D eigenvalue weighted by molar-refractivity contribution is 0.0540. The number of hydrogen-bond donors (Lipinski definition) is 2. The fourth-order valence-corrected chi connectivity index (χ4v) is 7.90. The molecule has 158 valence electrons. The molecule has 5 heteroatoms. The quantitative estimate of drug-likeness (QED) is 0.613. The first-order valence-electron chi connectivity index (χ1n) is 10.7. The molecule has 2 aromatic carbocycles. The normalized spacial score (nSPS) is 19.4. The van der Waals surface area contributed by atoms with Crippen LogP contribution in [0.15, 0.2) is 48.5 Å². The zero-order valence-corrected chi connectivity index (χ0v) is 19.2. The van der Waals surface area contributed by atoms with Gasteiger partial charge in [-0.3, -0.25) is 0 Å². The SMILES string of the molecule is CCC(C#CCCC1(C2(O)c3ccccc3Oc3ccccc32)SCCCS1)NC. The van der Waals surface area contributed by atoms with Gasteiger partial charge >= 0.3 is 0 Å². The Balaban J connectivity index is 1.77. The molecule has 0 spiro atoms. The third-order valence-corrected chi connectivity index (χ3v) is 9.52. The number of thioether (sulfide) groups is 2. The van der Waals surface area contributed by atoms with Crippen molar-refractivity contribution in [2.45, 2.75) is 48.3 Å². The first kappa shape index (κ1) is 21.6. The number of nitrogens with one attached hydrogen (secondary N) is 1. The van der Waals surface area contributed by atoms with Crippen LogP contribution in [0.3, 0.4) is 0 Å². The van der Waals surface area contributed by atoms with Crippen LogP contribution in [-0.4, -0.2) is 33.8 Å². The summed E-state index contributed by atoms with van der Waals surface area (Å²) >= 11 is 3.78. The predicted molar refractivity (Wildman–Crippen MR) is 128 cm³/mol. The van der Waals surface area contributed by atoms with Crippen LogP contribution in [0.2, 0.25) is 0 Å². The summed E-state index contributed by atoms with van der Waals surface area (Å²) in [7, 11) is 1.95. The lowest BCUT2D eigenvalue weighted by atomic mass is 9.78. The predicted octanol–water partition coefficient (Wildman–Crippen LogP) is 5.38. The highest BCUT2D eigenvalue weighted by atomic mass is 32.2. The second-order valence-electron chi connectivity index (χ2n) is 7.68. The van der Waals surface area contributed by atoms with E-state index in [2.05, 4.69) is 24.1 Å². The Labute approximate surface area is 188 Å². The van der Waals surface area contributed by atoms with E-state index in [1.54, 1.807) is 0 Å². The van der Waals surface area contributed by atoms with E-state index >= 15 is 0 Å². The van der Waals surface area contributed by atoms with Crippen LogP contribution >= 0.6 is 23.5 Å². The highest BCUT2D eigenvalue weighted by molar-refractivity contribution is 8.18. The summed E-state index contributed by atoms with van der Waals surface area (Å²) in [6.45, 7) is 2.14. The van der Waals surface area contributed by atoms with Gasteiger partial charge in [0.05, 0.1) is 10.1 Å². The summed E-state index contributed by atoms with van der Waals surface area (Å²) in [5, 5.41) is 15.8. The smallest absolute Gasteiger partial charge is 0.145 e. The summed E-state index contributed by atoms with van der Waals surface area (Å²) in [5.41, 5.74) is 0.587. The van der Waals surface area contributed by atoms with Gasteiger partial charge in [-0.2, -0.15) is 0 Å². The van der Waals surface area contributed by atoms with Crippen molar-refractivity contribution >= 4 is 23.5 Å². The Kier molecular flexibility index (Phi) is 6.69. The van der Waals surface area contributed by atoms with Crippen molar-refractivity contribution in [1.82, 2.24) is 5.32 Å². The van der Waals surface area contributed by atoms with Crippen LogP contribution < -0.4 is 10.1 Å². The fraction of sp³-hybridized carbons (Fsp3) is 0.440. The van der Waals surface area contributed by atoms with E-state index in [0.717, 1.165) is 59.8 Å². The van der Waals surface area contributed by atoms with E-state index in [9.17, 15) is 5.11 Å². The second kappa shape index (κ2) is 9.28. The Bertz CT molecular complexity index is 894. The zero-order valence-electron chi connectivity index (χ0n) is 17.6. The van der Waals surface area contributed by atoms with Crippen LogP contribution in [-0.2, 0) is 5.60 Å². The summed E-state index contributed by atoms with van der Waals surface area (Å²) < 4.78 is 5.77. The van der Waals surface area contributed by atoms with Gasteiger partial charge in [0.2, 0.25) is 0 Å².